The molecule has 3 aliphatic rings. The van der Waals surface area contributed by atoms with Gasteiger partial charge in [0.1, 0.15) is 35.3 Å². The van der Waals surface area contributed by atoms with E-state index >= 15 is 4.39 Å². The average molecular weight is 702 g/mol. The van der Waals surface area contributed by atoms with Crippen LogP contribution in [0.3, 0.4) is 0 Å². The van der Waals surface area contributed by atoms with Crippen molar-refractivity contribution in [1.29, 1.82) is 0 Å². The van der Waals surface area contributed by atoms with Gasteiger partial charge in [0.2, 0.25) is 0 Å². The fraction of sp³-hybridized carbons (Fsp3) is 0.513. The van der Waals surface area contributed by atoms with Crippen LogP contribution in [0.4, 0.5) is 14.6 Å². The van der Waals surface area contributed by atoms with E-state index < -0.39 is 18.4 Å². The Bertz CT molecular complexity index is 1930. The number of halogens is 2. The third kappa shape index (κ3) is 6.80. The number of ether oxygens (including phenoxy) is 3. The molecule has 0 amide bonds. The predicted octanol–water partition coefficient (Wildman–Crippen LogP) is 6.19. The molecule has 270 valence electrons. The van der Waals surface area contributed by atoms with Gasteiger partial charge in [-0.25, -0.2) is 8.78 Å². The first-order chi connectivity index (χ1) is 24.9. The number of hydrogen-bond acceptors (Lipinski definition) is 10. The summed E-state index contributed by atoms with van der Waals surface area (Å²) >= 11 is 0. The molecule has 2 aromatic carbocycles. The summed E-state index contributed by atoms with van der Waals surface area (Å²) in [5, 5.41) is 22.0. The van der Waals surface area contributed by atoms with Gasteiger partial charge in [-0.05, 0) is 82.0 Å². The van der Waals surface area contributed by atoms with Crippen LogP contribution >= 0.6 is 0 Å². The largest absolute Gasteiger partial charge is 0.508 e. The molecule has 10 nitrogen and oxygen atoms in total. The molecule has 4 aromatic rings. The minimum Gasteiger partial charge on any atom is -0.508 e. The van der Waals surface area contributed by atoms with Gasteiger partial charge in [0.25, 0.3) is 0 Å². The van der Waals surface area contributed by atoms with Gasteiger partial charge in [-0.15, -0.1) is 6.42 Å². The number of nitrogens with zero attached hydrogens (tertiary/aromatic N) is 5. The van der Waals surface area contributed by atoms with Crippen molar-refractivity contribution in [1.82, 2.24) is 19.9 Å². The number of fused-ring (bicyclic) bond motifs is 3. The number of aromatic hydroxyl groups is 1. The number of anilines is 1. The van der Waals surface area contributed by atoms with Crippen LogP contribution in [0.25, 0.3) is 32.9 Å². The topological polar surface area (TPSA) is 113 Å². The molecular formula is C39H45F2N5O5. The molecule has 4 heterocycles. The number of pyridine rings is 1. The van der Waals surface area contributed by atoms with Gasteiger partial charge >= 0.3 is 6.01 Å². The molecule has 3 fully saturated rings. The van der Waals surface area contributed by atoms with Gasteiger partial charge < -0.3 is 29.3 Å². The van der Waals surface area contributed by atoms with E-state index in [4.69, 9.17) is 25.6 Å². The smallest absolute Gasteiger partial charge is 0.319 e. The maximum Gasteiger partial charge on any atom is 0.319 e. The molecular weight excluding hydrogens is 656 g/mol. The fourth-order valence-corrected chi connectivity index (χ4v) is 8.63. The average Bonchev–Trinajstić information content (AvgIpc) is 3.39. The lowest BCUT2D eigenvalue weighted by Gasteiger charge is -2.49. The molecule has 1 saturated carbocycles. The zero-order valence-corrected chi connectivity index (χ0v) is 29.0. The second-order valence-electron chi connectivity index (χ2n) is 13.9. The molecule has 1 aliphatic carbocycles. The Morgan fingerprint density at radius 3 is 2.80 bits per heavy atom. The molecule has 0 bridgehead atoms. The maximum absolute atomic E-state index is 16.9. The van der Waals surface area contributed by atoms with E-state index in [1.54, 1.807) is 4.90 Å². The van der Waals surface area contributed by atoms with Crippen LogP contribution in [0.1, 0.15) is 63.9 Å². The molecule has 3 atom stereocenters. The van der Waals surface area contributed by atoms with Gasteiger partial charge in [0.05, 0.1) is 24.2 Å². The standard InChI is InChI=1S/C39H45F2N5O5/c1-3-28-31(40)11-10-25-20-27(48)21-29(33(25)28)35-34(41)36-30(22-42-35)37(45(24-47)16-19-49-4-2)44-38(43-36)51-23-39-13-5-9-32(39)46(15-7-14-39)26-8-6-17-50-18-12-26/h1,10-11,20-22,26,32,47-48H,4-9,12-19,23-24H2,2H3. The minimum atomic E-state index is -0.820. The molecule has 51 heavy (non-hydrogen) atoms. The van der Waals surface area contributed by atoms with Crippen molar-refractivity contribution in [2.24, 2.45) is 5.41 Å². The van der Waals surface area contributed by atoms with Gasteiger partial charge in [0.15, 0.2) is 5.82 Å². The SMILES string of the molecule is C#Cc1c(F)ccc2cc(O)cc(-c3ncc4c(N(CO)CCOCC)nc(OCC56CCCC5N(C5CCCOCC5)CCC6)nc4c3F)c12. The maximum atomic E-state index is 16.9. The first-order valence-electron chi connectivity index (χ1n) is 18.1. The number of aromatic nitrogens is 3. The van der Waals surface area contributed by atoms with E-state index in [1.807, 2.05) is 6.92 Å². The lowest BCUT2D eigenvalue weighted by Crippen LogP contribution is -2.55. The van der Waals surface area contributed by atoms with Gasteiger partial charge in [-0.2, -0.15) is 9.97 Å². The second-order valence-corrected chi connectivity index (χ2v) is 13.9. The van der Waals surface area contributed by atoms with Crippen LogP contribution in [0.15, 0.2) is 30.5 Å². The molecule has 7 rings (SSSR count). The monoisotopic (exact) mass is 701 g/mol. The summed E-state index contributed by atoms with van der Waals surface area (Å²) in [6.07, 6.45) is 15.7. The fourth-order valence-electron chi connectivity index (χ4n) is 8.63. The van der Waals surface area contributed by atoms with Crippen LogP contribution in [-0.4, -0.2) is 95.0 Å². The molecule has 3 unspecified atom stereocenters. The highest BCUT2D eigenvalue weighted by Crippen LogP contribution is 2.49. The van der Waals surface area contributed by atoms with Crippen molar-refractivity contribution in [3.63, 3.8) is 0 Å². The molecule has 2 N–H and O–H groups in total. The lowest BCUT2D eigenvalue weighted by molar-refractivity contribution is -0.0266. The summed E-state index contributed by atoms with van der Waals surface area (Å²) in [4.78, 5) is 18.1. The van der Waals surface area contributed by atoms with Crippen molar-refractivity contribution >= 4 is 27.5 Å². The summed E-state index contributed by atoms with van der Waals surface area (Å²) in [7, 11) is 0. The van der Waals surface area contributed by atoms with E-state index in [0.29, 0.717) is 37.3 Å². The highest BCUT2D eigenvalue weighted by molar-refractivity contribution is 6.03. The predicted molar refractivity (Wildman–Crippen MR) is 191 cm³/mol. The van der Waals surface area contributed by atoms with E-state index in [-0.39, 0.29) is 62.6 Å². The summed E-state index contributed by atoms with van der Waals surface area (Å²) in [5.41, 5.74) is -0.297. The van der Waals surface area contributed by atoms with Gasteiger partial charge in [-0.1, -0.05) is 18.4 Å². The Kier molecular flexibility index (Phi) is 10.5. The number of likely N-dealkylation sites (tertiary alicyclic amines) is 1. The third-order valence-electron chi connectivity index (χ3n) is 11.0. The first-order valence-corrected chi connectivity index (χ1v) is 18.1. The van der Waals surface area contributed by atoms with Crippen LogP contribution in [0.5, 0.6) is 11.8 Å². The van der Waals surface area contributed by atoms with Crippen LogP contribution in [0, 0.1) is 29.4 Å². The number of terminal acetylenes is 1. The molecule has 0 spiro atoms. The second kappa shape index (κ2) is 15.2. The van der Waals surface area contributed by atoms with Crippen molar-refractivity contribution in [2.75, 3.05) is 57.8 Å². The number of aliphatic hydroxyl groups excluding tert-OH is 1. The number of benzene rings is 2. The van der Waals surface area contributed by atoms with E-state index in [0.717, 1.165) is 71.1 Å². The van der Waals surface area contributed by atoms with Crippen molar-refractivity contribution < 1.29 is 33.2 Å². The quantitative estimate of drug-likeness (QED) is 0.107. The Labute approximate surface area is 296 Å². The Morgan fingerprint density at radius 1 is 1.12 bits per heavy atom. The Hall–Kier alpha value is -4.15. The summed E-state index contributed by atoms with van der Waals surface area (Å²) in [6.45, 7) is 5.57. The van der Waals surface area contributed by atoms with Crippen LogP contribution in [0.2, 0.25) is 0 Å². The molecule has 2 aromatic heterocycles. The first kappa shape index (κ1) is 35.3. The number of hydrogen-bond donors (Lipinski definition) is 2. The van der Waals surface area contributed by atoms with Crippen molar-refractivity contribution in [3.05, 3.63) is 47.7 Å². The Morgan fingerprint density at radius 2 is 1.98 bits per heavy atom. The highest BCUT2D eigenvalue weighted by atomic mass is 19.1. The van der Waals surface area contributed by atoms with E-state index in [2.05, 4.69) is 20.8 Å². The molecule has 12 heteroatoms. The summed E-state index contributed by atoms with van der Waals surface area (Å²) in [6, 6.07) is 6.28. The highest BCUT2D eigenvalue weighted by Gasteiger charge is 2.50. The number of aliphatic hydroxyl groups is 1. The normalized spacial score (nSPS) is 22.5. The van der Waals surface area contributed by atoms with Gasteiger partial charge in [0, 0.05) is 61.0 Å². The minimum absolute atomic E-state index is 0.0143. The zero-order chi connectivity index (χ0) is 35.5. The lowest BCUT2D eigenvalue weighted by atomic mass is 9.74. The van der Waals surface area contributed by atoms with Gasteiger partial charge in [-0.3, -0.25) is 9.88 Å². The number of rotatable bonds is 11. The number of piperidine rings is 1. The number of phenols is 1. The molecule has 0 radical (unpaired) electrons. The molecule has 2 saturated heterocycles. The van der Waals surface area contributed by atoms with Crippen LogP contribution < -0.4 is 9.64 Å². The zero-order valence-electron chi connectivity index (χ0n) is 29.0. The summed E-state index contributed by atoms with van der Waals surface area (Å²) < 4.78 is 49.7. The summed E-state index contributed by atoms with van der Waals surface area (Å²) in [5.74, 6) is 0.990. The number of phenolic OH excluding ortho intramolecular Hbond substituents is 1. The van der Waals surface area contributed by atoms with E-state index in [9.17, 15) is 14.6 Å². The van der Waals surface area contributed by atoms with Crippen molar-refractivity contribution in [3.8, 4) is 35.4 Å². The van der Waals surface area contributed by atoms with Crippen molar-refractivity contribution in [2.45, 2.75) is 70.4 Å². The third-order valence-corrected chi connectivity index (χ3v) is 11.0. The van der Waals surface area contributed by atoms with Crippen LogP contribution in [-0.2, 0) is 9.47 Å². The Balaban J connectivity index is 1.30. The molecule has 2 aliphatic heterocycles. The van der Waals surface area contributed by atoms with E-state index in [1.165, 1.54) is 30.5 Å².